The van der Waals surface area contributed by atoms with E-state index in [4.69, 9.17) is 0 Å². The van der Waals surface area contributed by atoms with Crippen LogP contribution in [0, 0.1) is 11.2 Å². The number of benzene rings is 1. The molecule has 1 aromatic carbocycles. The molecule has 1 aromatic rings. The van der Waals surface area contributed by atoms with Crippen LogP contribution in [0.5, 0.6) is 0 Å². The third kappa shape index (κ3) is 4.58. The minimum Gasteiger partial charge on any atom is -0.299 e. The van der Waals surface area contributed by atoms with Gasteiger partial charge in [0.1, 0.15) is 11.6 Å². The molecule has 0 radical (unpaired) electrons. The summed E-state index contributed by atoms with van der Waals surface area (Å²) in [5, 5.41) is 0. The molecule has 0 unspecified atom stereocenters. The lowest BCUT2D eigenvalue weighted by Gasteiger charge is -2.16. The Kier molecular flexibility index (Phi) is 4.87. The smallest absolute Gasteiger partial charge is 0.138 e. The molecule has 0 saturated heterocycles. The standard InChI is InChI=1S/C14H18BrFO/c1-14(2,3)13(17)6-4-5-10-7-8-11(16)9-12(10)15/h7-9H,4-6H2,1-3H3. The lowest BCUT2D eigenvalue weighted by Crippen LogP contribution is -2.19. The van der Waals surface area contributed by atoms with Crippen molar-refractivity contribution in [1.29, 1.82) is 0 Å². The predicted molar refractivity (Wildman–Crippen MR) is 71.5 cm³/mol. The van der Waals surface area contributed by atoms with E-state index in [9.17, 15) is 9.18 Å². The first-order chi connectivity index (χ1) is 7.80. The van der Waals surface area contributed by atoms with Crippen LogP contribution < -0.4 is 0 Å². The molecule has 0 saturated carbocycles. The summed E-state index contributed by atoms with van der Waals surface area (Å²) < 4.78 is 13.6. The summed E-state index contributed by atoms with van der Waals surface area (Å²) in [6, 6.07) is 4.67. The monoisotopic (exact) mass is 300 g/mol. The van der Waals surface area contributed by atoms with E-state index >= 15 is 0 Å². The van der Waals surface area contributed by atoms with Crippen molar-refractivity contribution in [1.82, 2.24) is 0 Å². The van der Waals surface area contributed by atoms with Crippen molar-refractivity contribution in [3.63, 3.8) is 0 Å². The maximum absolute atomic E-state index is 12.9. The van der Waals surface area contributed by atoms with E-state index in [1.807, 2.05) is 20.8 Å². The quantitative estimate of drug-likeness (QED) is 0.798. The van der Waals surface area contributed by atoms with E-state index in [-0.39, 0.29) is 17.0 Å². The average molecular weight is 301 g/mol. The van der Waals surface area contributed by atoms with Gasteiger partial charge in [-0.2, -0.15) is 0 Å². The zero-order chi connectivity index (χ0) is 13.1. The van der Waals surface area contributed by atoms with E-state index in [1.54, 1.807) is 6.07 Å². The van der Waals surface area contributed by atoms with Gasteiger partial charge in [-0.15, -0.1) is 0 Å². The molecule has 0 fully saturated rings. The summed E-state index contributed by atoms with van der Waals surface area (Å²) in [5.74, 6) is 0.0297. The van der Waals surface area contributed by atoms with Gasteiger partial charge in [-0.05, 0) is 30.5 Å². The van der Waals surface area contributed by atoms with Crippen molar-refractivity contribution in [3.05, 3.63) is 34.1 Å². The average Bonchev–Trinajstić information content (AvgIpc) is 2.19. The number of carbonyl (C=O) groups excluding carboxylic acids is 1. The molecule has 0 aliphatic heterocycles. The number of hydrogen-bond acceptors (Lipinski definition) is 1. The maximum atomic E-state index is 12.9. The van der Waals surface area contributed by atoms with Gasteiger partial charge in [0, 0.05) is 16.3 Å². The molecule has 0 bridgehead atoms. The highest BCUT2D eigenvalue weighted by atomic mass is 79.9. The molecule has 3 heteroatoms. The number of aryl methyl sites for hydroxylation is 1. The molecule has 1 nitrogen and oxygen atoms in total. The number of hydrogen-bond donors (Lipinski definition) is 0. The minimum atomic E-state index is -0.264. The van der Waals surface area contributed by atoms with Gasteiger partial charge in [-0.1, -0.05) is 42.8 Å². The van der Waals surface area contributed by atoms with Crippen LogP contribution in [0.4, 0.5) is 4.39 Å². The second-order valence-electron chi connectivity index (χ2n) is 5.26. The van der Waals surface area contributed by atoms with E-state index in [0.29, 0.717) is 6.42 Å². The molecule has 0 atom stereocenters. The number of carbonyl (C=O) groups is 1. The Bertz CT molecular complexity index is 407. The van der Waals surface area contributed by atoms with Gasteiger partial charge in [0.15, 0.2) is 0 Å². The molecule has 0 aliphatic rings. The largest absolute Gasteiger partial charge is 0.299 e. The van der Waals surface area contributed by atoms with Gasteiger partial charge in [-0.3, -0.25) is 4.79 Å². The Morgan fingerprint density at radius 2 is 2.00 bits per heavy atom. The van der Waals surface area contributed by atoms with Crippen LogP contribution in [-0.4, -0.2) is 5.78 Å². The highest BCUT2D eigenvalue weighted by molar-refractivity contribution is 9.10. The summed E-state index contributed by atoms with van der Waals surface area (Å²) in [7, 11) is 0. The van der Waals surface area contributed by atoms with Gasteiger partial charge in [0.05, 0.1) is 0 Å². The fourth-order valence-electron chi connectivity index (χ4n) is 1.54. The number of ketones is 1. The summed E-state index contributed by atoms with van der Waals surface area (Å²) in [6.07, 6.45) is 2.18. The fourth-order valence-corrected chi connectivity index (χ4v) is 2.09. The number of halogens is 2. The van der Waals surface area contributed by atoms with E-state index < -0.39 is 0 Å². The number of rotatable bonds is 4. The van der Waals surface area contributed by atoms with Crippen molar-refractivity contribution in [3.8, 4) is 0 Å². The molecule has 0 amide bonds. The van der Waals surface area contributed by atoms with Crippen molar-refractivity contribution in [2.45, 2.75) is 40.0 Å². The second-order valence-corrected chi connectivity index (χ2v) is 6.12. The zero-order valence-corrected chi connectivity index (χ0v) is 12.1. The molecule has 1 rings (SSSR count). The van der Waals surface area contributed by atoms with Crippen molar-refractivity contribution >= 4 is 21.7 Å². The first-order valence-electron chi connectivity index (χ1n) is 5.78. The lowest BCUT2D eigenvalue weighted by molar-refractivity contribution is -0.126. The van der Waals surface area contributed by atoms with Crippen molar-refractivity contribution < 1.29 is 9.18 Å². The third-order valence-electron chi connectivity index (χ3n) is 2.70. The lowest BCUT2D eigenvalue weighted by atomic mass is 9.87. The molecular formula is C14H18BrFO. The molecule has 0 aromatic heterocycles. The van der Waals surface area contributed by atoms with Crippen LogP contribution in [-0.2, 0) is 11.2 Å². The second kappa shape index (κ2) is 5.76. The van der Waals surface area contributed by atoms with E-state index in [1.165, 1.54) is 12.1 Å². The number of Topliss-reactive ketones (excluding diaryl/α,β-unsaturated/α-hetero) is 1. The Hall–Kier alpha value is -0.700. The normalized spacial score (nSPS) is 11.6. The Labute approximate surface area is 111 Å². The van der Waals surface area contributed by atoms with Gasteiger partial charge in [0.2, 0.25) is 0 Å². The maximum Gasteiger partial charge on any atom is 0.138 e. The van der Waals surface area contributed by atoms with Crippen LogP contribution in [0.2, 0.25) is 0 Å². The van der Waals surface area contributed by atoms with E-state index in [2.05, 4.69) is 15.9 Å². The minimum absolute atomic E-state index is 0.244. The Balaban J connectivity index is 2.49. The zero-order valence-electron chi connectivity index (χ0n) is 10.5. The Morgan fingerprint density at radius 3 is 2.53 bits per heavy atom. The molecule has 0 spiro atoms. The van der Waals surface area contributed by atoms with Crippen LogP contribution in [0.25, 0.3) is 0 Å². The van der Waals surface area contributed by atoms with Gasteiger partial charge in [-0.25, -0.2) is 4.39 Å². The summed E-state index contributed by atoms with van der Waals surface area (Å²) in [4.78, 5) is 11.7. The van der Waals surface area contributed by atoms with Crippen molar-refractivity contribution in [2.75, 3.05) is 0 Å². The fraction of sp³-hybridized carbons (Fsp3) is 0.500. The Morgan fingerprint density at radius 1 is 1.35 bits per heavy atom. The topological polar surface area (TPSA) is 17.1 Å². The van der Waals surface area contributed by atoms with Gasteiger partial charge in [0.25, 0.3) is 0 Å². The van der Waals surface area contributed by atoms with E-state index in [0.717, 1.165) is 22.9 Å². The van der Waals surface area contributed by atoms with Crippen LogP contribution >= 0.6 is 15.9 Å². The molecule has 94 valence electrons. The summed E-state index contributed by atoms with van der Waals surface area (Å²) in [5.41, 5.74) is 0.785. The summed E-state index contributed by atoms with van der Waals surface area (Å²) in [6.45, 7) is 5.80. The van der Waals surface area contributed by atoms with Gasteiger partial charge < -0.3 is 0 Å². The molecule has 0 aliphatic carbocycles. The third-order valence-corrected chi connectivity index (χ3v) is 3.44. The molecule has 17 heavy (non-hydrogen) atoms. The highest BCUT2D eigenvalue weighted by Gasteiger charge is 2.20. The molecule has 0 N–H and O–H groups in total. The molecule has 0 heterocycles. The summed E-state index contributed by atoms with van der Waals surface area (Å²) >= 11 is 3.33. The first-order valence-corrected chi connectivity index (χ1v) is 6.57. The SMILES string of the molecule is CC(C)(C)C(=O)CCCc1ccc(F)cc1Br. The van der Waals surface area contributed by atoms with Crippen molar-refractivity contribution in [2.24, 2.45) is 5.41 Å². The highest BCUT2D eigenvalue weighted by Crippen LogP contribution is 2.22. The van der Waals surface area contributed by atoms with Crippen LogP contribution in [0.15, 0.2) is 22.7 Å². The van der Waals surface area contributed by atoms with Gasteiger partial charge >= 0.3 is 0 Å². The first kappa shape index (κ1) is 14.4. The van der Waals surface area contributed by atoms with Crippen LogP contribution in [0.1, 0.15) is 39.2 Å². The molecular weight excluding hydrogens is 283 g/mol. The predicted octanol–water partition coefficient (Wildman–Crippen LogP) is 4.53. The van der Waals surface area contributed by atoms with Crippen LogP contribution in [0.3, 0.4) is 0 Å².